The van der Waals surface area contributed by atoms with Crippen LogP contribution < -0.4 is 14.2 Å². The molecule has 0 atom stereocenters. The van der Waals surface area contributed by atoms with Crippen molar-refractivity contribution in [3.05, 3.63) is 46.7 Å². The smallest absolute Gasteiger partial charge is 0.358 e. The molecule has 2 heterocycles. The number of nitrogens with zero attached hydrogens (tertiary/aromatic N) is 1. The fraction of sp³-hybridized carbons (Fsp3) is 0.143. The molecule has 0 aliphatic carbocycles. The SMILES string of the molecule is O=C(O)c1ncccc1OCc1cc(Cl)c2c(c1)OCO2. The third-order valence-electron chi connectivity index (χ3n) is 2.85. The molecular formula is C14H10ClNO5. The van der Waals surface area contributed by atoms with Gasteiger partial charge in [-0.1, -0.05) is 11.6 Å². The lowest BCUT2D eigenvalue weighted by atomic mass is 10.2. The zero-order valence-electron chi connectivity index (χ0n) is 10.7. The summed E-state index contributed by atoms with van der Waals surface area (Å²) in [7, 11) is 0. The Morgan fingerprint density at radius 1 is 1.43 bits per heavy atom. The third kappa shape index (κ3) is 2.71. The van der Waals surface area contributed by atoms with Gasteiger partial charge in [-0.25, -0.2) is 9.78 Å². The van der Waals surface area contributed by atoms with Gasteiger partial charge in [0.1, 0.15) is 6.61 Å². The van der Waals surface area contributed by atoms with E-state index in [4.69, 9.17) is 30.9 Å². The van der Waals surface area contributed by atoms with Gasteiger partial charge in [0.25, 0.3) is 0 Å². The number of rotatable bonds is 4. The summed E-state index contributed by atoms with van der Waals surface area (Å²) in [4.78, 5) is 14.8. The molecule has 0 bridgehead atoms. The van der Waals surface area contributed by atoms with Crippen LogP contribution in [0, 0.1) is 0 Å². The number of fused-ring (bicyclic) bond motifs is 1. The van der Waals surface area contributed by atoms with Gasteiger partial charge in [-0.2, -0.15) is 0 Å². The minimum absolute atomic E-state index is 0.130. The summed E-state index contributed by atoms with van der Waals surface area (Å²) in [6.07, 6.45) is 1.40. The Hall–Kier alpha value is -2.47. The number of carboxylic acids is 1. The van der Waals surface area contributed by atoms with Crippen molar-refractivity contribution >= 4 is 17.6 Å². The average Bonchev–Trinajstić information content (AvgIpc) is 2.94. The van der Waals surface area contributed by atoms with Crippen molar-refractivity contribution in [3.8, 4) is 17.2 Å². The largest absolute Gasteiger partial charge is 0.486 e. The lowest BCUT2D eigenvalue weighted by molar-refractivity contribution is 0.0684. The molecule has 0 amide bonds. The van der Waals surface area contributed by atoms with Crippen LogP contribution in [0.25, 0.3) is 0 Å². The third-order valence-corrected chi connectivity index (χ3v) is 3.14. The van der Waals surface area contributed by atoms with Crippen molar-refractivity contribution in [2.45, 2.75) is 6.61 Å². The second-order valence-corrected chi connectivity index (χ2v) is 4.66. The van der Waals surface area contributed by atoms with E-state index >= 15 is 0 Å². The van der Waals surface area contributed by atoms with E-state index < -0.39 is 5.97 Å². The molecule has 7 heteroatoms. The lowest BCUT2D eigenvalue weighted by Gasteiger charge is -2.09. The highest BCUT2D eigenvalue weighted by atomic mass is 35.5. The minimum atomic E-state index is -1.14. The number of ether oxygens (including phenoxy) is 3. The summed E-state index contributed by atoms with van der Waals surface area (Å²) >= 11 is 6.07. The van der Waals surface area contributed by atoms with E-state index in [-0.39, 0.29) is 24.8 Å². The monoisotopic (exact) mass is 307 g/mol. The minimum Gasteiger partial charge on any atom is -0.486 e. The van der Waals surface area contributed by atoms with E-state index in [0.29, 0.717) is 16.5 Å². The van der Waals surface area contributed by atoms with Crippen LogP contribution in [-0.4, -0.2) is 22.9 Å². The quantitative estimate of drug-likeness (QED) is 0.935. The van der Waals surface area contributed by atoms with Crippen molar-refractivity contribution in [2.24, 2.45) is 0 Å². The number of hydrogen-bond acceptors (Lipinski definition) is 5. The van der Waals surface area contributed by atoms with Gasteiger partial charge in [0, 0.05) is 6.20 Å². The molecule has 0 saturated carbocycles. The van der Waals surface area contributed by atoms with Crippen LogP contribution >= 0.6 is 11.6 Å². The van der Waals surface area contributed by atoms with Crippen LogP contribution in [0.5, 0.6) is 17.2 Å². The number of hydrogen-bond donors (Lipinski definition) is 1. The Morgan fingerprint density at radius 2 is 2.29 bits per heavy atom. The van der Waals surface area contributed by atoms with Gasteiger partial charge in [0.15, 0.2) is 22.9 Å². The number of carbonyl (C=O) groups is 1. The molecule has 0 saturated heterocycles. The Labute approximate surface area is 124 Å². The molecule has 0 spiro atoms. The maximum Gasteiger partial charge on any atom is 0.358 e. The molecule has 0 unspecified atom stereocenters. The van der Waals surface area contributed by atoms with Crippen molar-refractivity contribution < 1.29 is 24.1 Å². The zero-order chi connectivity index (χ0) is 14.8. The number of benzene rings is 1. The van der Waals surface area contributed by atoms with Gasteiger partial charge in [-0.05, 0) is 29.8 Å². The van der Waals surface area contributed by atoms with Crippen LogP contribution in [0.15, 0.2) is 30.5 Å². The topological polar surface area (TPSA) is 77.9 Å². The Morgan fingerprint density at radius 3 is 3.10 bits per heavy atom. The predicted octanol–water partition coefficient (Wildman–Crippen LogP) is 2.74. The zero-order valence-corrected chi connectivity index (χ0v) is 11.5. The molecule has 0 fully saturated rings. The van der Waals surface area contributed by atoms with Gasteiger partial charge in [-0.3, -0.25) is 0 Å². The molecule has 3 rings (SSSR count). The maximum absolute atomic E-state index is 11.0. The standard InChI is InChI=1S/C14H10ClNO5/c15-9-4-8(5-11-13(9)21-7-20-11)6-19-10-2-1-3-16-12(10)14(17)18/h1-5H,6-7H2,(H,17,18). The normalized spacial score (nSPS) is 12.2. The van der Waals surface area contributed by atoms with Gasteiger partial charge in [-0.15, -0.1) is 0 Å². The van der Waals surface area contributed by atoms with E-state index in [1.165, 1.54) is 6.20 Å². The number of carboxylic acid groups (broad SMARTS) is 1. The van der Waals surface area contributed by atoms with Crippen molar-refractivity contribution in [1.82, 2.24) is 4.98 Å². The van der Waals surface area contributed by atoms with Crippen molar-refractivity contribution in [1.29, 1.82) is 0 Å². The van der Waals surface area contributed by atoms with Gasteiger partial charge in [0.2, 0.25) is 6.79 Å². The first-order chi connectivity index (χ1) is 10.1. The molecule has 21 heavy (non-hydrogen) atoms. The molecule has 0 radical (unpaired) electrons. The van der Waals surface area contributed by atoms with E-state index in [1.54, 1.807) is 24.3 Å². The summed E-state index contributed by atoms with van der Waals surface area (Å²) in [6.45, 7) is 0.271. The summed E-state index contributed by atoms with van der Waals surface area (Å²) in [5.74, 6) is 0.104. The fourth-order valence-electron chi connectivity index (χ4n) is 1.93. The summed E-state index contributed by atoms with van der Waals surface area (Å²) in [5.41, 5.74) is 0.605. The van der Waals surface area contributed by atoms with Crippen LogP contribution in [0.4, 0.5) is 0 Å². The molecule has 6 nitrogen and oxygen atoms in total. The highest BCUT2D eigenvalue weighted by Gasteiger charge is 2.19. The van der Waals surface area contributed by atoms with E-state index in [9.17, 15) is 4.79 Å². The molecule has 108 valence electrons. The van der Waals surface area contributed by atoms with E-state index in [2.05, 4.69) is 4.98 Å². The highest BCUT2D eigenvalue weighted by Crippen LogP contribution is 2.40. The number of aromatic carboxylic acids is 1. The number of pyridine rings is 1. The van der Waals surface area contributed by atoms with Crippen LogP contribution in [0.1, 0.15) is 16.1 Å². The van der Waals surface area contributed by atoms with E-state index in [1.807, 2.05) is 0 Å². The van der Waals surface area contributed by atoms with Gasteiger partial charge < -0.3 is 19.3 Å². The first-order valence-electron chi connectivity index (χ1n) is 6.04. The molecule has 2 aromatic rings. The number of aromatic nitrogens is 1. The second kappa shape index (κ2) is 5.49. The Kier molecular flexibility index (Phi) is 3.53. The molecule has 1 aliphatic heterocycles. The van der Waals surface area contributed by atoms with E-state index in [0.717, 1.165) is 5.56 Å². The van der Waals surface area contributed by atoms with Gasteiger partial charge >= 0.3 is 5.97 Å². The molecular weight excluding hydrogens is 298 g/mol. The molecule has 1 N–H and O–H groups in total. The molecule has 1 aromatic carbocycles. The van der Waals surface area contributed by atoms with Crippen LogP contribution in [0.2, 0.25) is 5.02 Å². The van der Waals surface area contributed by atoms with Crippen LogP contribution in [0.3, 0.4) is 0 Å². The van der Waals surface area contributed by atoms with Crippen molar-refractivity contribution in [3.63, 3.8) is 0 Å². The molecule has 1 aromatic heterocycles. The first kappa shape index (κ1) is 13.5. The second-order valence-electron chi connectivity index (χ2n) is 4.26. The Balaban J connectivity index is 1.80. The number of halogens is 1. The predicted molar refractivity (Wildman–Crippen MR) is 73.1 cm³/mol. The highest BCUT2D eigenvalue weighted by molar-refractivity contribution is 6.32. The summed E-state index contributed by atoms with van der Waals surface area (Å²) < 4.78 is 16.0. The van der Waals surface area contributed by atoms with Crippen LogP contribution in [-0.2, 0) is 6.61 Å². The summed E-state index contributed by atoms with van der Waals surface area (Å²) in [5, 5.41) is 9.46. The Bertz CT molecular complexity index is 704. The van der Waals surface area contributed by atoms with Crippen molar-refractivity contribution in [2.75, 3.05) is 6.79 Å². The van der Waals surface area contributed by atoms with Gasteiger partial charge in [0.05, 0.1) is 5.02 Å². The molecule has 1 aliphatic rings. The fourth-order valence-corrected chi connectivity index (χ4v) is 2.22. The first-order valence-corrected chi connectivity index (χ1v) is 6.42. The maximum atomic E-state index is 11.0. The summed E-state index contributed by atoms with van der Waals surface area (Å²) in [6, 6.07) is 6.58. The average molecular weight is 308 g/mol. The lowest BCUT2D eigenvalue weighted by Crippen LogP contribution is -2.05.